The van der Waals surface area contributed by atoms with Crippen LogP contribution in [0, 0.1) is 11.8 Å². The molecule has 0 spiro atoms. The highest BCUT2D eigenvalue weighted by Gasteiger charge is 2.31. The molecule has 2 unspecified atom stereocenters. The van der Waals surface area contributed by atoms with Gasteiger partial charge in [-0.2, -0.15) is 0 Å². The zero-order valence-electron chi connectivity index (χ0n) is 11.1. The first-order valence-electron chi connectivity index (χ1n) is 6.52. The maximum Gasteiger partial charge on any atom is 0.189 e. The van der Waals surface area contributed by atoms with E-state index >= 15 is 0 Å². The van der Waals surface area contributed by atoms with Crippen molar-refractivity contribution in [3.05, 3.63) is 21.3 Å². The lowest BCUT2D eigenvalue weighted by Crippen LogP contribution is -2.37. The van der Waals surface area contributed by atoms with E-state index in [1.165, 1.54) is 17.8 Å². The second-order valence-corrected chi connectivity index (χ2v) is 7.15. The predicted octanol–water partition coefficient (Wildman–Crippen LogP) is 3.95. The van der Waals surface area contributed by atoms with Gasteiger partial charge in [-0.3, -0.25) is 9.69 Å². The summed E-state index contributed by atoms with van der Waals surface area (Å²) in [6.07, 6.45) is 1.21. The quantitative estimate of drug-likeness (QED) is 0.781. The molecule has 2 rings (SSSR count). The zero-order valence-corrected chi connectivity index (χ0v) is 12.7. The van der Waals surface area contributed by atoms with Crippen molar-refractivity contribution in [1.82, 2.24) is 4.90 Å². The van der Waals surface area contributed by atoms with Crippen LogP contribution in [0.4, 0.5) is 0 Å². The van der Waals surface area contributed by atoms with Crippen molar-refractivity contribution in [3.8, 4) is 0 Å². The Morgan fingerprint density at radius 1 is 1.44 bits per heavy atom. The summed E-state index contributed by atoms with van der Waals surface area (Å²) in [6, 6.07) is 3.61. The summed E-state index contributed by atoms with van der Waals surface area (Å²) >= 11 is 7.27. The van der Waals surface area contributed by atoms with Gasteiger partial charge in [0.05, 0.1) is 15.3 Å². The lowest BCUT2D eigenvalue weighted by Gasteiger charge is -2.23. The van der Waals surface area contributed by atoms with E-state index in [1.807, 2.05) is 13.0 Å². The third kappa shape index (κ3) is 2.95. The molecule has 2 nitrogen and oxygen atoms in total. The number of ketones is 1. The molecule has 1 saturated heterocycles. The van der Waals surface area contributed by atoms with Gasteiger partial charge in [-0.15, -0.1) is 11.3 Å². The summed E-state index contributed by atoms with van der Waals surface area (Å²) in [5.74, 6) is 1.64. The normalized spacial score (nSPS) is 22.6. The van der Waals surface area contributed by atoms with Gasteiger partial charge in [0.1, 0.15) is 0 Å². The van der Waals surface area contributed by atoms with Crippen molar-refractivity contribution in [2.24, 2.45) is 11.8 Å². The molecular weight excluding hydrogens is 266 g/mol. The molecule has 1 aromatic rings. The van der Waals surface area contributed by atoms with Crippen LogP contribution >= 0.6 is 22.9 Å². The molecule has 1 aromatic heterocycles. The molecular formula is C14H20ClNOS. The number of carbonyl (C=O) groups is 1. The number of hydrogen-bond donors (Lipinski definition) is 0. The second kappa shape index (κ2) is 5.72. The minimum absolute atomic E-state index is 0.0246. The summed E-state index contributed by atoms with van der Waals surface area (Å²) in [7, 11) is 0. The van der Waals surface area contributed by atoms with Crippen molar-refractivity contribution >= 4 is 28.7 Å². The van der Waals surface area contributed by atoms with Gasteiger partial charge >= 0.3 is 0 Å². The predicted molar refractivity (Wildman–Crippen MR) is 77.6 cm³/mol. The fourth-order valence-electron chi connectivity index (χ4n) is 2.53. The molecule has 18 heavy (non-hydrogen) atoms. The van der Waals surface area contributed by atoms with Crippen LogP contribution in [0.25, 0.3) is 0 Å². The minimum atomic E-state index is -0.0246. The molecule has 0 aromatic carbocycles. The molecule has 0 aliphatic carbocycles. The van der Waals surface area contributed by atoms with Gasteiger partial charge in [0.25, 0.3) is 0 Å². The van der Waals surface area contributed by atoms with Crippen LogP contribution in [0.3, 0.4) is 0 Å². The van der Waals surface area contributed by atoms with Crippen LogP contribution in [0.15, 0.2) is 12.1 Å². The van der Waals surface area contributed by atoms with Crippen LogP contribution in [0.2, 0.25) is 4.34 Å². The summed E-state index contributed by atoms with van der Waals surface area (Å²) < 4.78 is 0.687. The highest BCUT2D eigenvalue weighted by Crippen LogP contribution is 2.28. The molecule has 0 bridgehead atoms. The van der Waals surface area contributed by atoms with Gasteiger partial charge in [0, 0.05) is 6.54 Å². The molecule has 4 heteroatoms. The van der Waals surface area contributed by atoms with Crippen molar-refractivity contribution in [1.29, 1.82) is 0 Å². The van der Waals surface area contributed by atoms with E-state index in [0.29, 0.717) is 10.3 Å². The van der Waals surface area contributed by atoms with E-state index in [4.69, 9.17) is 11.6 Å². The summed E-state index contributed by atoms with van der Waals surface area (Å²) in [5.41, 5.74) is 0. The molecule has 100 valence electrons. The van der Waals surface area contributed by atoms with Crippen LogP contribution < -0.4 is 0 Å². The third-order valence-corrected chi connectivity index (χ3v) is 5.19. The monoisotopic (exact) mass is 285 g/mol. The molecule has 1 aliphatic rings. The topological polar surface area (TPSA) is 20.3 Å². The Labute approximate surface area is 118 Å². The summed E-state index contributed by atoms with van der Waals surface area (Å²) in [5, 5.41) is 0. The molecule has 0 amide bonds. The van der Waals surface area contributed by atoms with Crippen LogP contribution in [0.1, 0.15) is 36.9 Å². The van der Waals surface area contributed by atoms with E-state index in [2.05, 4.69) is 18.7 Å². The lowest BCUT2D eigenvalue weighted by atomic mass is 9.95. The first-order valence-corrected chi connectivity index (χ1v) is 7.72. The van der Waals surface area contributed by atoms with E-state index in [0.717, 1.165) is 23.9 Å². The molecule has 1 aliphatic heterocycles. The second-order valence-electron chi connectivity index (χ2n) is 5.43. The highest BCUT2D eigenvalue weighted by atomic mass is 35.5. The van der Waals surface area contributed by atoms with Gasteiger partial charge in [0.2, 0.25) is 0 Å². The van der Waals surface area contributed by atoms with Gasteiger partial charge < -0.3 is 0 Å². The van der Waals surface area contributed by atoms with Gasteiger partial charge in [0.15, 0.2) is 5.78 Å². The molecule has 2 atom stereocenters. The average Bonchev–Trinajstić information content (AvgIpc) is 2.95. The maximum atomic E-state index is 12.3. The van der Waals surface area contributed by atoms with E-state index in [-0.39, 0.29) is 11.8 Å². The standard InChI is InChI=1S/C14H20ClNOS/c1-9(2)11-6-7-16(8-11)10(3)14(17)12-4-5-13(15)18-12/h4-5,9-11H,6-8H2,1-3H3. The average molecular weight is 286 g/mol. The molecule has 0 radical (unpaired) electrons. The van der Waals surface area contributed by atoms with Crippen molar-refractivity contribution in [3.63, 3.8) is 0 Å². The van der Waals surface area contributed by atoms with E-state index < -0.39 is 0 Å². The lowest BCUT2D eigenvalue weighted by molar-refractivity contribution is 0.0864. The number of nitrogens with zero attached hydrogens (tertiary/aromatic N) is 1. The van der Waals surface area contributed by atoms with Crippen LogP contribution in [0.5, 0.6) is 0 Å². The Morgan fingerprint density at radius 2 is 2.17 bits per heavy atom. The number of thiophene rings is 1. The summed E-state index contributed by atoms with van der Waals surface area (Å²) in [4.78, 5) is 15.4. The number of likely N-dealkylation sites (tertiary alicyclic amines) is 1. The minimum Gasteiger partial charge on any atom is -0.293 e. The van der Waals surface area contributed by atoms with Gasteiger partial charge in [-0.05, 0) is 43.9 Å². The third-order valence-electron chi connectivity index (χ3n) is 3.94. The highest BCUT2D eigenvalue weighted by molar-refractivity contribution is 7.18. The van der Waals surface area contributed by atoms with Crippen molar-refractivity contribution in [2.75, 3.05) is 13.1 Å². The van der Waals surface area contributed by atoms with Crippen LogP contribution in [-0.4, -0.2) is 29.8 Å². The Balaban J connectivity index is 2.00. The number of halogens is 1. The number of Topliss-reactive ketones (excluding diaryl/α,β-unsaturated/α-hetero) is 1. The fourth-order valence-corrected chi connectivity index (χ4v) is 3.60. The Bertz CT molecular complexity index is 429. The maximum absolute atomic E-state index is 12.3. The Morgan fingerprint density at radius 3 is 2.67 bits per heavy atom. The number of carbonyl (C=O) groups excluding carboxylic acids is 1. The summed E-state index contributed by atoms with van der Waals surface area (Å²) in [6.45, 7) is 8.62. The first-order chi connectivity index (χ1) is 8.49. The SMILES string of the molecule is CC(C)C1CCN(C(C)C(=O)c2ccc(Cl)s2)C1. The first kappa shape index (κ1) is 14.0. The van der Waals surface area contributed by atoms with E-state index in [1.54, 1.807) is 6.07 Å². The van der Waals surface area contributed by atoms with Gasteiger partial charge in [-0.25, -0.2) is 0 Å². The number of rotatable bonds is 4. The Hall–Kier alpha value is -0.380. The molecule has 0 N–H and O–H groups in total. The molecule has 2 heterocycles. The largest absolute Gasteiger partial charge is 0.293 e. The molecule has 1 fully saturated rings. The Kier molecular flexibility index (Phi) is 4.46. The van der Waals surface area contributed by atoms with Crippen LogP contribution in [-0.2, 0) is 0 Å². The van der Waals surface area contributed by atoms with Crippen molar-refractivity contribution < 1.29 is 4.79 Å². The fraction of sp³-hybridized carbons (Fsp3) is 0.643. The van der Waals surface area contributed by atoms with Gasteiger partial charge in [-0.1, -0.05) is 25.4 Å². The zero-order chi connectivity index (χ0) is 13.3. The van der Waals surface area contributed by atoms with E-state index in [9.17, 15) is 4.79 Å². The molecule has 0 saturated carbocycles. The smallest absolute Gasteiger partial charge is 0.189 e. The number of hydrogen-bond acceptors (Lipinski definition) is 3. The van der Waals surface area contributed by atoms with Crippen molar-refractivity contribution in [2.45, 2.75) is 33.2 Å².